The monoisotopic (exact) mass is 294 g/mol. The Labute approximate surface area is 120 Å². The normalized spacial score (nSPS) is 10.4. The van der Waals surface area contributed by atoms with Crippen LogP contribution in [0.1, 0.15) is 5.56 Å². The Bertz CT molecular complexity index is 586. The Balaban J connectivity index is 1.92. The van der Waals surface area contributed by atoms with Gasteiger partial charge in [-0.25, -0.2) is 4.39 Å². The number of carbonyl (C=O) groups excluding carboxylic acids is 1. The minimum absolute atomic E-state index is 0.0290. The van der Waals surface area contributed by atoms with Crippen LogP contribution in [0.3, 0.4) is 0 Å². The van der Waals surface area contributed by atoms with Crippen molar-refractivity contribution in [3.8, 4) is 0 Å². The minimum atomic E-state index is -0.293. The van der Waals surface area contributed by atoms with Crippen molar-refractivity contribution in [3.63, 3.8) is 0 Å². The van der Waals surface area contributed by atoms with Crippen molar-refractivity contribution in [3.05, 3.63) is 64.9 Å². The van der Waals surface area contributed by atoms with Gasteiger partial charge in [-0.2, -0.15) is 0 Å². The van der Waals surface area contributed by atoms with Gasteiger partial charge in [0.15, 0.2) is 0 Å². The Hall–Kier alpha value is -1.32. The second-order valence-electron chi connectivity index (χ2n) is 4.03. The molecule has 0 bridgehead atoms. The summed E-state index contributed by atoms with van der Waals surface area (Å²) in [6, 6.07) is 13.7. The highest BCUT2D eigenvalue weighted by Gasteiger charge is 2.09. The van der Waals surface area contributed by atoms with Gasteiger partial charge in [0.25, 0.3) is 0 Å². The second kappa shape index (κ2) is 6.73. The van der Waals surface area contributed by atoms with Crippen LogP contribution in [0.2, 0.25) is 5.02 Å². The fourth-order valence-corrected chi connectivity index (χ4v) is 2.63. The average molecular weight is 295 g/mol. The summed E-state index contributed by atoms with van der Waals surface area (Å²) in [7, 11) is 0. The van der Waals surface area contributed by atoms with E-state index in [2.05, 4.69) is 0 Å². The highest BCUT2D eigenvalue weighted by atomic mass is 35.5. The summed E-state index contributed by atoms with van der Waals surface area (Å²) in [5.74, 6) is -0.0222. The maximum atomic E-state index is 13.4. The molecule has 2 rings (SSSR count). The molecule has 0 spiro atoms. The minimum Gasteiger partial charge on any atom is -0.298 e. The van der Waals surface area contributed by atoms with E-state index in [4.69, 9.17) is 11.6 Å². The first-order valence-corrected chi connectivity index (χ1v) is 7.15. The number of rotatable bonds is 5. The van der Waals surface area contributed by atoms with Crippen molar-refractivity contribution >= 4 is 29.1 Å². The molecule has 4 heteroatoms. The summed E-state index contributed by atoms with van der Waals surface area (Å²) in [6.45, 7) is 0. The molecule has 0 aromatic heterocycles. The van der Waals surface area contributed by atoms with Crippen LogP contribution < -0.4 is 0 Å². The van der Waals surface area contributed by atoms with Gasteiger partial charge in [0.2, 0.25) is 0 Å². The van der Waals surface area contributed by atoms with Gasteiger partial charge in [0.1, 0.15) is 11.6 Å². The third-order valence-electron chi connectivity index (χ3n) is 2.57. The van der Waals surface area contributed by atoms with Crippen LogP contribution in [0.25, 0.3) is 0 Å². The molecule has 0 amide bonds. The van der Waals surface area contributed by atoms with Gasteiger partial charge in [-0.15, -0.1) is 11.8 Å². The SMILES string of the molecule is O=C(CSc1ccccc1F)Cc1ccccc1Cl. The molecule has 0 aliphatic heterocycles. The van der Waals surface area contributed by atoms with Gasteiger partial charge >= 0.3 is 0 Å². The molecule has 0 aliphatic carbocycles. The van der Waals surface area contributed by atoms with Crippen LogP contribution in [0.15, 0.2) is 53.4 Å². The fraction of sp³-hybridized carbons (Fsp3) is 0.133. The van der Waals surface area contributed by atoms with Crippen molar-refractivity contribution in [2.75, 3.05) is 5.75 Å². The molecule has 0 radical (unpaired) electrons. The lowest BCUT2D eigenvalue weighted by molar-refractivity contribution is -0.116. The smallest absolute Gasteiger partial charge is 0.147 e. The van der Waals surface area contributed by atoms with Crippen molar-refractivity contribution in [1.82, 2.24) is 0 Å². The average Bonchev–Trinajstić information content (AvgIpc) is 2.40. The summed E-state index contributed by atoms with van der Waals surface area (Å²) in [6.07, 6.45) is 0.279. The number of hydrogen-bond donors (Lipinski definition) is 0. The molecule has 0 fully saturated rings. The predicted molar refractivity (Wildman–Crippen MR) is 77.3 cm³/mol. The molecule has 0 unspecified atom stereocenters. The highest BCUT2D eigenvalue weighted by Crippen LogP contribution is 2.22. The third kappa shape index (κ3) is 4.08. The van der Waals surface area contributed by atoms with Crippen LogP contribution >= 0.6 is 23.4 Å². The van der Waals surface area contributed by atoms with Crippen LogP contribution in [-0.4, -0.2) is 11.5 Å². The van der Waals surface area contributed by atoms with Gasteiger partial charge in [-0.1, -0.05) is 41.9 Å². The number of ketones is 1. The van der Waals surface area contributed by atoms with Crippen molar-refractivity contribution in [2.45, 2.75) is 11.3 Å². The van der Waals surface area contributed by atoms with E-state index < -0.39 is 0 Å². The van der Waals surface area contributed by atoms with Gasteiger partial charge in [-0.05, 0) is 23.8 Å². The molecule has 2 aromatic rings. The number of halogens is 2. The lowest BCUT2D eigenvalue weighted by Crippen LogP contribution is -2.06. The molecule has 0 heterocycles. The number of Topliss-reactive ketones (excluding diaryl/α,β-unsaturated/α-hetero) is 1. The standard InChI is InChI=1S/C15H12ClFOS/c16-13-6-2-1-5-11(13)9-12(18)10-19-15-8-4-3-7-14(15)17/h1-8H,9-10H2. The lowest BCUT2D eigenvalue weighted by Gasteiger charge is -2.04. The molecule has 0 atom stereocenters. The Morgan fingerprint density at radius 2 is 1.79 bits per heavy atom. The Morgan fingerprint density at radius 1 is 1.11 bits per heavy atom. The zero-order valence-electron chi connectivity index (χ0n) is 10.1. The second-order valence-corrected chi connectivity index (χ2v) is 5.45. The summed E-state index contributed by atoms with van der Waals surface area (Å²) >= 11 is 7.20. The molecule has 2 aromatic carbocycles. The van der Waals surface area contributed by atoms with E-state index in [0.717, 1.165) is 5.56 Å². The van der Waals surface area contributed by atoms with E-state index in [-0.39, 0.29) is 23.8 Å². The quantitative estimate of drug-likeness (QED) is 0.761. The van der Waals surface area contributed by atoms with Gasteiger partial charge < -0.3 is 0 Å². The van der Waals surface area contributed by atoms with E-state index in [0.29, 0.717) is 9.92 Å². The number of hydrogen-bond acceptors (Lipinski definition) is 2. The summed E-state index contributed by atoms with van der Waals surface area (Å²) in [4.78, 5) is 12.3. The molecule has 1 nitrogen and oxygen atoms in total. The zero-order chi connectivity index (χ0) is 13.7. The van der Waals surface area contributed by atoms with Crippen molar-refractivity contribution < 1.29 is 9.18 Å². The summed E-state index contributed by atoms with van der Waals surface area (Å²) in [5.41, 5.74) is 0.809. The number of benzene rings is 2. The number of thioether (sulfide) groups is 1. The third-order valence-corrected chi connectivity index (χ3v) is 4.05. The van der Waals surface area contributed by atoms with Gasteiger partial charge in [0, 0.05) is 16.3 Å². The lowest BCUT2D eigenvalue weighted by atomic mass is 10.1. The fourth-order valence-electron chi connectivity index (χ4n) is 1.63. The van der Waals surface area contributed by atoms with E-state index in [1.165, 1.54) is 17.8 Å². The maximum Gasteiger partial charge on any atom is 0.147 e. The van der Waals surface area contributed by atoms with E-state index >= 15 is 0 Å². The topological polar surface area (TPSA) is 17.1 Å². The zero-order valence-corrected chi connectivity index (χ0v) is 11.7. The molecule has 0 N–H and O–H groups in total. The molecule has 98 valence electrons. The van der Waals surface area contributed by atoms with Crippen LogP contribution in [0.5, 0.6) is 0 Å². The highest BCUT2D eigenvalue weighted by molar-refractivity contribution is 8.00. The molecule has 0 saturated heterocycles. The Kier molecular flexibility index (Phi) is 5.00. The molecule has 0 aliphatic rings. The Morgan fingerprint density at radius 3 is 2.53 bits per heavy atom. The van der Waals surface area contributed by atoms with Crippen molar-refractivity contribution in [1.29, 1.82) is 0 Å². The van der Waals surface area contributed by atoms with E-state index in [9.17, 15) is 9.18 Å². The maximum absolute atomic E-state index is 13.4. The van der Waals surface area contributed by atoms with Gasteiger partial charge in [0.05, 0.1) is 5.75 Å². The molecular formula is C15H12ClFOS. The van der Waals surface area contributed by atoms with Crippen LogP contribution in [-0.2, 0) is 11.2 Å². The number of carbonyl (C=O) groups is 1. The van der Waals surface area contributed by atoms with Gasteiger partial charge in [-0.3, -0.25) is 4.79 Å². The van der Waals surface area contributed by atoms with Crippen LogP contribution in [0, 0.1) is 5.82 Å². The summed E-state index contributed by atoms with van der Waals surface area (Å²) < 4.78 is 13.4. The van der Waals surface area contributed by atoms with Crippen molar-refractivity contribution in [2.24, 2.45) is 0 Å². The molecular weight excluding hydrogens is 283 g/mol. The first-order chi connectivity index (χ1) is 9.16. The first kappa shape index (κ1) is 14.1. The van der Waals surface area contributed by atoms with E-state index in [1.54, 1.807) is 24.3 Å². The summed E-state index contributed by atoms with van der Waals surface area (Å²) in [5, 5.41) is 0.590. The largest absolute Gasteiger partial charge is 0.298 e. The van der Waals surface area contributed by atoms with Crippen LogP contribution in [0.4, 0.5) is 4.39 Å². The predicted octanol–water partition coefficient (Wildman–Crippen LogP) is 4.38. The molecule has 0 saturated carbocycles. The molecule has 19 heavy (non-hydrogen) atoms. The first-order valence-electron chi connectivity index (χ1n) is 5.79. The van der Waals surface area contributed by atoms with E-state index in [1.807, 2.05) is 18.2 Å².